The van der Waals surface area contributed by atoms with E-state index >= 15 is 0 Å². The van der Waals surface area contributed by atoms with Gasteiger partial charge in [-0.2, -0.15) is 5.10 Å². The molecule has 1 heterocycles. The predicted molar refractivity (Wildman–Crippen MR) is 66.9 cm³/mol. The Morgan fingerprint density at radius 1 is 1.58 bits per heavy atom. The topological polar surface area (TPSA) is 93.2 Å². The van der Waals surface area contributed by atoms with Crippen molar-refractivity contribution in [1.29, 1.82) is 0 Å². The third-order valence-corrected chi connectivity index (χ3v) is 2.71. The summed E-state index contributed by atoms with van der Waals surface area (Å²) in [4.78, 5) is 11.8. The largest absolute Gasteiger partial charge is 0.507 e. The molecule has 0 aliphatic heterocycles. The van der Waals surface area contributed by atoms with Gasteiger partial charge in [0.1, 0.15) is 17.4 Å². The SMILES string of the molecule is Cn1ncc(CNC(=O)c2cc(F)ccc2O)c1N. The van der Waals surface area contributed by atoms with Crippen LogP contribution in [0.2, 0.25) is 0 Å². The van der Waals surface area contributed by atoms with Crippen LogP contribution >= 0.6 is 0 Å². The molecule has 6 nitrogen and oxygen atoms in total. The van der Waals surface area contributed by atoms with E-state index in [2.05, 4.69) is 10.4 Å². The molecule has 0 spiro atoms. The smallest absolute Gasteiger partial charge is 0.255 e. The number of hydrogen-bond donors (Lipinski definition) is 3. The molecule has 1 amide bonds. The number of amides is 1. The van der Waals surface area contributed by atoms with Gasteiger partial charge in [-0.3, -0.25) is 9.48 Å². The number of anilines is 1. The van der Waals surface area contributed by atoms with Crippen LogP contribution in [-0.4, -0.2) is 20.8 Å². The number of nitrogens with zero attached hydrogens (tertiary/aromatic N) is 2. The van der Waals surface area contributed by atoms with Gasteiger partial charge in [0, 0.05) is 19.2 Å². The van der Waals surface area contributed by atoms with Crippen molar-refractivity contribution in [3.8, 4) is 5.75 Å². The van der Waals surface area contributed by atoms with Crippen molar-refractivity contribution in [1.82, 2.24) is 15.1 Å². The molecule has 7 heteroatoms. The maximum absolute atomic E-state index is 13.0. The molecule has 0 fully saturated rings. The number of phenolic OH excluding ortho intramolecular Hbond substituents is 1. The molecule has 4 N–H and O–H groups in total. The maximum Gasteiger partial charge on any atom is 0.255 e. The fraction of sp³-hybridized carbons (Fsp3) is 0.167. The van der Waals surface area contributed by atoms with E-state index in [-0.39, 0.29) is 17.9 Å². The number of nitrogens with one attached hydrogen (secondary N) is 1. The van der Waals surface area contributed by atoms with E-state index in [0.29, 0.717) is 11.4 Å². The van der Waals surface area contributed by atoms with Crippen LogP contribution in [0.15, 0.2) is 24.4 Å². The maximum atomic E-state index is 13.0. The van der Waals surface area contributed by atoms with Crippen molar-refractivity contribution in [3.63, 3.8) is 0 Å². The third-order valence-electron chi connectivity index (χ3n) is 2.71. The summed E-state index contributed by atoms with van der Waals surface area (Å²) in [7, 11) is 1.68. The molecule has 2 rings (SSSR count). The van der Waals surface area contributed by atoms with E-state index in [1.54, 1.807) is 7.05 Å². The molecule has 1 aromatic heterocycles. The van der Waals surface area contributed by atoms with E-state index in [4.69, 9.17) is 5.73 Å². The van der Waals surface area contributed by atoms with Crippen molar-refractivity contribution in [2.75, 3.05) is 5.73 Å². The minimum atomic E-state index is -0.594. The van der Waals surface area contributed by atoms with Gasteiger partial charge in [0.05, 0.1) is 11.8 Å². The lowest BCUT2D eigenvalue weighted by Gasteiger charge is -2.06. The van der Waals surface area contributed by atoms with Crippen molar-refractivity contribution in [3.05, 3.63) is 41.3 Å². The van der Waals surface area contributed by atoms with Crippen molar-refractivity contribution >= 4 is 11.7 Å². The van der Waals surface area contributed by atoms with E-state index in [1.807, 2.05) is 0 Å². The fourth-order valence-electron chi connectivity index (χ4n) is 1.59. The number of aromatic hydroxyl groups is 1. The Balaban J connectivity index is 2.09. The standard InChI is InChI=1S/C12H13FN4O2/c1-17-11(14)7(6-16-17)5-15-12(19)9-4-8(13)2-3-10(9)18/h2-4,6,18H,5,14H2,1H3,(H,15,19). The summed E-state index contributed by atoms with van der Waals surface area (Å²) in [6.07, 6.45) is 1.53. The zero-order valence-electron chi connectivity index (χ0n) is 10.2. The minimum Gasteiger partial charge on any atom is -0.507 e. The Labute approximate surface area is 108 Å². The third kappa shape index (κ3) is 2.65. The molecule has 0 aliphatic carbocycles. The Kier molecular flexibility index (Phi) is 3.37. The highest BCUT2D eigenvalue weighted by Crippen LogP contribution is 2.18. The molecule has 0 aliphatic rings. The van der Waals surface area contributed by atoms with Crippen LogP contribution in [0.3, 0.4) is 0 Å². The van der Waals surface area contributed by atoms with Gasteiger partial charge in [0.25, 0.3) is 5.91 Å². The summed E-state index contributed by atoms with van der Waals surface area (Å²) in [5.74, 6) is -1.02. The highest BCUT2D eigenvalue weighted by atomic mass is 19.1. The summed E-state index contributed by atoms with van der Waals surface area (Å²) >= 11 is 0. The Morgan fingerprint density at radius 3 is 2.95 bits per heavy atom. The quantitative estimate of drug-likeness (QED) is 0.763. The van der Waals surface area contributed by atoms with Gasteiger partial charge < -0.3 is 16.2 Å². The zero-order valence-corrected chi connectivity index (χ0v) is 10.2. The monoisotopic (exact) mass is 264 g/mol. The lowest BCUT2D eigenvalue weighted by Crippen LogP contribution is -2.23. The zero-order chi connectivity index (χ0) is 14.0. The van der Waals surface area contributed by atoms with Crippen LogP contribution in [0.5, 0.6) is 5.75 Å². The molecule has 2 aromatic rings. The number of aryl methyl sites for hydroxylation is 1. The van der Waals surface area contributed by atoms with E-state index in [9.17, 15) is 14.3 Å². The molecule has 0 atom stereocenters. The number of benzene rings is 1. The minimum absolute atomic E-state index is 0.123. The lowest BCUT2D eigenvalue weighted by atomic mass is 10.2. The predicted octanol–water partition coefficient (Wildman–Crippen LogP) is 0.777. The second-order valence-electron chi connectivity index (χ2n) is 4.02. The first-order valence-electron chi connectivity index (χ1n) is 5.52. The average molecular weight is 264 g/mol. The Morgan fingerprint density at radius 2 is 2.32 bits per heavy atom. The molecule has 0 bridgehead atoms. The summed E-state index contributed by atoms with van der Waals surface area (Å²) < 4.78 is 14.5. The van der Waals surface area contributed by atoms with Crippen LogP contribution < -0.4 is 11.1 Å². The fourth-order valence-corrected chi connectivity index (χ4v) is 1.59. The van der Waals surface area contributed by atoms with Gasteiger partial charge in [0.15, 0.2) is 0 Å². The molecule has 1 aromatic carbocycles. The second kappa shape index (κ2) is 4.97. The van der Waals surface area contributed by atoms with Crippen LogP contribution in [0, 0.1) is 5.82 Å². The second-order valence-corrected chi connectivity index (χ2v) is 4.02. The number of rotatable bonds is 3. The average Bonchev–Trinajstić information content (AvgIpc) is 2.70. The summed E-state index contributed by atoms with van der Waals surface area (Å²) in [5.41, 5.74) is 6.24. The van der Waals surface area contributed by atoms with Crippen LogP contribution in [0.1, 0.15) is 15.9 Å². The molecule has 0 saturated carbocycles. The van der Waals surface area contributed by atoms with Crippen molar-refractivity contribution < 1.29 is 14.3 Å². The number of halogens is 1. The molecule has 100 valence electrons. The molecule has 0 unspecified atom stereocenters. The number of nitrogens with two attached hydrogens (primary N) is 1. The van der Waals surface area contributed by atoms with Crippen LogP contribution in [0.25, 0.3) is 0 Å². The van der Waals surface area contributed by atoms with Gasteiger partial charge in [-0.15, -0.1) is 0 Å². The van der Waals surface area contributed by atoms with E-state index in [0.717, 1.165) is 18.2 Å². The van der Waals surface area contributed by atoms with Crippen molar-refractivity contribution in [2.45, 2.75) is 6.54 Å². The van der Waals surface area contributed by atoms with Gasteiger partial charge in [-0.1, -0.05) is 0 Å². The number of nitrogen functional groups attached to an aromatic ring is 1. The first-order valence-corrected chi connectivity index (χ1v) is 5.52. The van der Waals surface area contributed by atoms with Crippen molar-refractivity contribution in [2.24, 2.45) is 7.05 Å². The van der Waals surface area contributed by atoms with Gasteiger partial charge in [-0.25, -0.2) is 4.39 Å². The highest BCUT2D eigenvalue weighted by molar-refractivity contribution is 5.96. The van der Waals surface area contributed by atoms with E-state index in [1.165, 1.54) is 10.9 Å². The molecule has 19 heavy (non-hydrogen) atoms. The molecular formula is C12H13FN4O2. The number of aromatic nitrogens is 2. The number of phenols is 1. The van der Waals surface area contributed by atoms with Gasteiger partial charge in [-0.05, 0) is 18.2 Å². The first-order chi connectivity index (χ1) is 8.99. The Bertz CT molecular complexity index is 624. The number of carbonyl (C=O) groups excluding carboxylic acids is 1. The summed E-state index contributed by atoms with van der Waals surface area (Å²) in [6.45, 7) is 0.147. The summed E-state index contributed by atoms with van der Waals surface area (Å²) in [6, 6.07) is 3.17. The number of hydrogen-bond acceptors (Lipinski definition) is 4. The Hall–Kier alpha value is -2.57. The van der Waals surface area contributed by atoms with E-state index < -0.39 is 11.7 Å². The van der Waals surface area contributed by atoms with Gasteiger partial charge in [0.2, 0.25) is 0 Å². The summed E-state index contributed by atoms with van der Waals surface area (Å²) in [5, 5.41) is 16.0. The van der Waals surface area contributed by atoms with Crippen LogP contribution in [-0.2, 0) is 13.6 Å². The molecule has 0 radical (unpaired) electrons. The lowest BCUT2D eigenvalue weighted by molar-refractivity contribution is 0.0948. The van der Waals surface area contributed by atoms with Gasteiger partial charge >= 0.3 is 0 Å². The molecular weight excluding hydrogens is 251 g/mol. The first kappa shape index (κ1) is 12.9. The van der Waals surface area contributed by atoms with Crippen LogP contribution in [0.4, 0.5) is 10.2 Å². The number of carbonyl (C=O) groups is 1. The normalized spacial score (nSPS) is 10.4. The molecule has 0 saturated heterocycles. The highest BCUT2D eigenvalue weighted by Gasteiger charge is 2.13.